The van der Waals surface area contributed by atoms with Crippen molar-refractivity contribution < 1.29 is 4.39 Å². The fraction of sp³-hybridized carbons (Fsp3) is 0.250. The maximum Gasteiger partial charge on any atom is 0.141 e. The SMILES string of the molecule is Cn1c(-c2ccc(F)cc2)nc(CCN)c1Cl. The minimum atomic E-state index is -0.267. The molecule has 0 spiro atoms. The monoisotopic (exact) mass is 253 g/mol. The highest BCUT2D eigenvalue weighted by molar-refractivity contribution is 6.30. The van der Waals surface area contributed by atoms with Gasteiger partial charge in [0.1, 0.15) is 16.8 Å². The zero-order valence-corrected chi connectivity index (χ0v) is 10.2. The van der Waals surface area contributed by atoms with Crippen molar-refractivity contribution in [2.45, 2.75) is 6.42 Å². The van der Waals surface area contributed by atoms with E-state index >= 15 is 0 Å². The van der Waals surface area contributed by atoms with Gasteiger partial charge in [0.2, 0.25) is 0 Å². The van der Waals surface area contributed by atoms with Crippen molar-refractivity contribution in [3.8, 4) is 11.4 Å². The van der Waals surface area contributed by atoms with Gasteiger partial charge in [-0.05, 0) is 30.8 Å². The van der Waals surface area contributed by atoms with E-state index in [-0.39, 0.29) is 5.82 Å². The molecule has 0 aliphatic carbocycles. The fourth-order valence-corrected chi connectivity index (χ4v) is 1.91. The molecule has 90 valence electrons. The summed E-state index contributed by atoms with van der Waals surface area (Å²) in [4.78, 5) is 4.43. The third kappa shape index (κ3) is 2.33. The Hall–Kier alpha value is -1.39. The van der Waals surface area contributed by atoms with Gasteiger partial charge >= 0.3 is 0 Å². The lowest BCUT2D eigenvalue weighted by Gasteiger charge is -2.01. The predicted octanol–water partition coefficient (Wildman–Crippen LogP) is 2.38. The van der Waals surface area contributed by atoms with Gasteiger partial charge in [-0.3, -0.25) is 0 Å². The summed E-state index contributed by atoms with van der Waals surface area (Å²) in [5.74, 6) is 0.453. The summed E-state index contributed by atoms with van der Waals surface area (Å²) in [6.45, 7) is 0.500. The molecule has 5 heteroatoms. The Kier molecular flexibility index (Phi) is 3.45. The molecule has 0 aliphatic heterocycles. The quantitative estimate of drug-likeness (QED) is 0.913. The molecule has 0 fully saturated rings. The zero-order valence-electron chi connectivity index (χ0n) is 9.45. The van der Waals surface area contributed by atoms with Crippen molar-refractivity contribution in [3.63, 3.8) is 0 Å². The highest BCUT2D eigenvalue weighted by atomic mass is 35.5. The van der Waals surface area contributed by atoms with E-state index in [0.717, 1.165) is 17.1 Å². The molecule has 3 nitrogen and oxygen atoms in total. The van der Waals surface area contributed by atoms with Crippen LogP contribution in [0.15, 0.2) is 24.3 Å². The maximum atomic E-state index is 12.8. The number of nitrogens with two attached hydrogens (primary N) is 1. The van der Waals surface area contributed by atoms with Crippen LogP contribution in [0.1, 0.15) is 5.69 Å². The first kappa shape index (κ1) is 12.1. The Labute approximate surface area is 104 Å². The van der Waals surface area contributed by atoms with Gasteiger partial charge in [0, 0.05) is 19.0 Å². The van der Waals surface area contributed by atoms with E-state index in [4.69, 9.17) is 17.3 Å². The van der Waals surface area contributed by atoms with Gasteiger partial charge in [0.05, 0.1) is 5.69 Å². The van der Waals surface area contributed by atoms with Crippen molar-refractivity contribution in [1.29, 1.82) is 0 Å². The molecular formula is C12H13ClFN3. The summed E-state index contributed by atoms with van der Waals surface area (Å²) in [6, 6.07) is 6.17. The highest BCUT2D eigenvalue weighted by Crippen LogP contribution is 2.25. The van der Waals surface area contributed by atoms with Gasteiger partial charge in [-0.15, -0.1) is 0 Å². The van der Waals surface area contributed by atoms with E-state index in [1.807, 2.05) is 7.05 Å². The summed E-state index contributed by atoms with van der Waals surface area (Å²) in [5, 5.41) is 0.578. The van der Waals surface area contributed by atoms with E-state index < -0.39 is 0 Å². The molecule has 0 amide bonds. The second-order valence-electron chi connectivity index (χ2n) is 3.78. The lowest BCUT2D eigenvalue weighted by Crippen LogP contribution is -2.03. The Morgan fingerprint density at radius 3 is 2.59 bits per heavy atom. The smallest absolute Gasteiger partial charge is 0.141 e. The summed E-state index contributed by atoms with van der Waals surface area (Å²) < 4.78 is 14.6. The Morgan fingerprint density at radius 2 is 2.00 bits per heavy atom. The van der Waals surface area contributed by atoms with E-state index in [9.17, 15) is 4.39 Å². The lowest BCUT2D eigenvalue weighted by atomic mass is 10.2. The van der Waals surface area contributed by atoms with Crippen LogP contribution < -0.4 is 5.73 Å². The average Bonchev–Trinajstić information content (AvgIpc) is 2.59. The van der Waals surface area contributed by atoms with Crippen LogP contribution in [0.5, 0.6) is 0 Å². The molecule has 0 atom stereocenters. The van der Waals surface area contributed by atoms with Crippen molar-refractivity contribution in [2.75, 3.05) is 6.54 Å². The first-order valence-electron chi connectivity index (χ1n) is 5.30. The molecule has 17 heavy (non-hydrogen) atoms. The number of rotatable bonds is 3. The van der Waals surface area contributed by atoms with Gasteiger partial charge in [0.25, 0.3) is 0 Å². The highest BCUT2D eigenvalue weighted by Gasteiger charge is 2.13. The molecule has 2 rings (SSSR count). The topological polar surface area (TPSA) is 43.8 Å². The van der Waals surface area contributed by atoms with E-state index in [1.165, 1.54) is 12.1 Å². The molecule has 1 aromatic carbocycles. The normalized spacial score (nSPS) is 10.8. The summed E-state index contributed by atoms with van der Waals surface area (Å²) in [6.07, 6.45) is 0.633. The Morgan fingerprint density at radius 1 is 1.35 bits per heavy atom. The largest absolute Gasteiger partial charge is 0.330 e. The van der Waals surface area contributed by atoms with Crippen LogP contribution in [-0.4, -0.2) is 16.1 Å². The average molecular weight is 254 g/mol. The van der Waals surface area contributed by atoms with Gasteiger partial charge in [-0.25, -0.2) is 9.37 Å². The van der Waals surface area contributed by atoms with Crippen LogP contribution >= 0.6 is 11.6 Å². The number of hydrogen-bond donors (Lipinski definition) is 1. The molecule has 0 radical (unpaired) electrons. The number of hydrogen-bond acceptors (Lipinski definition) is 2. The van der Waals surface area contributed by atoms with Crippen LogP contribution in [-0.2, 0) is 13.5 Å². The zero-order chi connectivity index (χ0) is 12.4. The molecule has 1 heterocycles. The second-order valence-corrected chi connectivity index (χ2v) is 4.14. The number of imidazole rings is 1. The van der Waals surface area contributed by atoms with Gasteiger partial charge in [0.15, 0.2) is 0 Å². The summed E-state index contributed by atoms with van der Waals surface area (Å²) in [7, 11) is 1.83. The standard InChI is InChI=1S/C12H13ClFN3/c1-17-11(13)10(6-7-15)16-12(17)8-2-4-9(14)5-3-8/h2-5H,6-7,15H2,1H3. The minimum Gasteiger partial charge on any atom is -0.330 e. The molecular weight excluding hydrogens is 241 g/mol. The van der Waals surface area contributed by atoms with Crippen LogP contribution in [0.4, 0.5) is 4.39 Å². The number of benzene rings is 1. The van der Waals surface area contributed by atoms with E-state index in [1.54, 1.807) is 16.7 Å². The molecule has 0 saturated carbocycles. The predicted molar refractivity (Wildman–Crippen MR) is 66.4 cm³/mol. The molecule has 0 unspecified atom stereocenters. The van der Waals surface area contributed by atoms with Crippen LogP contribution in [0.2, 0.25) is 5.15 Å². The van der Waals surface area contributed by atoms with Crippen molar-refractivity contribution in [3.05, 3.63) is 40.9 Å². The van der Waals surface area contributed by atoms with Crippen LogP contribution in [0.25, 0.3) is 11.4 Å². The molecule has 1 aromatic heterocycles. The van der Waals surface area contributed by atoms with Crippen molar-refractivity contribution in [1.82, 2.24) is 9.55 Å². The number of aromatic nitrogens is 2. The molecule has 0 saturated heterocycles. The third-order valence-corrected chi connectivity index (χ3v) is 3.05. The van der Waals surface area contributed by atoms with Crippen LogP contribution in [0.3, 0.4) is 0 Å². The third-order valence-electron chi connectivity index (χ3n) is 2.57. The second kappa shape index (κ2) is 4.85. The molecule has 2 N–H and O–H groups in total. The van der Waals surface area contributed by atoms with Crippen molar-refractivity contribution in [2.24, 2.45) is 12.8 Å². The Bertz CT molecular complexity index is 519. The molecule has 0 bridgehead atoms. The molecule has 2 aromatic rings. The van der Waals surface area contributed by atoms with Gasteiger partial charge in [-0.1, -0.05) is 11.6 Å². The van der Waals surface area contributed by atoms with Gasteiger partial charge < -0.3 is 10.3 Å². The number of halogens is 2. The van der Waals surface area contributed by atoms with E-state index in [2.05, 4.69) is 4.98 Å². The Balaban J connectivity index is 2.45. The van der Waals surface area contributed by atoms with Crippen molar-refractivity contribution >= 4 is 11.6 Å². The van der Waals surface area contributed by atoms with Gasteiger partial charge in [-0.2, -0.15) is 0 Å². The lowest BCUT2D eigenvalue weighted by molar-refractivity contribution is 0.628. The summed E-state index contributed by atoms with van der Waals surface area (Å²) in [5.41, 5.74) is 7.10. The fourth-order valence-electron chi connectivity index (χ4n) is 1.69. The van der Waals surface area contributed by atoms with E-state index in [0.29, 0.717) is 18.1 Å². The number of nitrogens with zero attached hydrogens (tertiary/aromatic N) is 2. The first-order chi connectivity index (χ1) is 8.13. The maximum absolute atomic E-state index is 12.8. The molecule has 0 aliphatic rings. The first-order valence-corrected chi connectivity index (χ1v) is 5.68. The van der Waals surface area contributed by atoms with Crippen LogP contribution in [0, 0.1) is 5.82 Å². The summed E-state index contributed by atoms with van der Waals surface area (Å²) >= 11 is 6.14. The minimum absolute atomic E-state index is 0.267.